The number of hydrogen-bond acceptors (Lipinski definition) is 1. The van der Waals surface area contributed by atoms with Crippen molar-refractivity contribution in [1.29, 1.82) is 0 Å². The lowest BCUT2D eigenvalue weighted by molar-refractivity contribution is 0.626. The van der Waals surface area contributed by atoms with Gasteiger partial charge in [0.2, 0.25) is 0 Å². The van der Waals surface area contributed by atoms with Crippen LogP contribution in [0.2, 0.25) is 0 Å². The van der Waals surface area contributed by atoms with E-state index in [1.807, 2.05) is 0 Å². The summed E-state index contributed by atoms with van der Waals surface area (Å²) in [4.78, 5) is 2.37. The van der Waals surface area contributed by atoms with E-state index in [0.29, 0.717) is 12.0 Å². The molecular weight excluding hydrogens is 158 g/mol. The zero-order valence-corrected chi connectivity index (χ0v) is 8.83. The first kappa shape index (κ1) is 8.61. The van der Waals surface area contributed by atoms with Crippen molar-refractivity contribution in [2.75, 3.05) is 11.9 Å². The van der Waals surface area contributed by atoms with Crippen LogP contribution in [0.4, 0.5) is 5.69 Å². The third-order valence-corrected chi connectivity index (χ3v) is 3.39. The van der Waals surface area contributed by atoms with Crippen LogP contribution in [-0.2, 0) is 0 Å². The third kappa shape index (κ3) is 1.14. The number of aryl methyl sites for hydroxylation is 1. The molecule has 1 aliphatic heterocycles. The number of hydrogen-bond donors (Lipinski definition) is 0. The maximum atomic E-state index is 2.37. The van der Waals surface area contributed by atoms with E-state index in [2.05, 4.69) is 50.9 Å². The van der Waals surface area contributed by atoms with Gasteiger partial charge in [-0.1, -0.05) is 24.6 Å². The minimum atomic E-state index is 0.636. The maximum Gasteiger partial charge on any atom is 0.0402 e. The molecule has 0 unspecified atom stereocenters. The third-order valence-electron chi connectivity index (χ3n) is 3.39. The van der Waals surface area contributed by atoms with Crippen LogP contribution in [0.15, 0.2) is 18.2 Å². The summed E-state index contributed by atoms with van der Waals surface area (Å²) in [6.45, 7) is 6.77. The average Bonchev–Trinajstić information content (AvgIpc) is 2.32. The van der Waals surface area contributed by atoms with Gasteiger partial charge in [-0.3, -0.25) is 0 Å². The largest absolute Gasteiger partial charge is 0.371 e. The van der Waals surface area contributed by atoms with Crippen molar-refractivity contribution in [2.24, 2.45) is 0 Å². The van der Waals surface area contributed by atoms with Gasteiger partial charge in [-0.05, 0) is 25.5 Å². The minimum absolute atomic E-state index is 0.636. The van der Waals surface area contributed by atoms with Crippen LogP contribution < -0.4 is 4.90 Å². The maximum absolute atomic E-state index is 2.37. The van der Waals surface area contributed by atoms with E-state index in [-0.39, 0.29) is 0 Å². The van der Waals surface area contributed by atoms with Crippen molar-refractivity contribution in [3.8, 4) is 0 Å². The molecule has 0 spiro atoms. The predicted molar refractivity (Wildman–Crippen MR) is 57.5 cm³/mol. The highest BCUT2D eigenvalue weighted by Crippen LogP contribution is 2.39. The summed E-state index contributed by atoms with van der Waals surface area (Å²) in [6.07, 6.45) is 0. The summed E-state index contributed by atoms with van der Waals surface area (Å²) >= 11 is 0. The lowest BCUT2D eigenvalue weighted by Gasteiger charge is -2.20. The van der Waals surface area contributed by atoms with E-state index < -0.39 is 0 Å². The summed E-state index contributed by atoms with van der Waals surface area (Å²) < 4.78 is 0. The molecule has 1 aromatic carbocycles. The van der Waals surface area contributed by atoms with Gasteiger partial charge in [-0.25, -0.2) is 0 Å². The normalized spacial score (nSPS) is 26.3. The van der Waals surface area contributed by atoms with Gasteiger partial charge in [0.1, 0.15) is 0 Å². The summed E-state index contributed by atoms with van der Waals surface area (Å²) in [5, 5.41) is 0. The molecule has 0 radical (unpaired) electrons. The highest BCUT2D eigenvalue weighted by Gasteiger charge is 2.29. The lowest BCUT2D eigenvalue weighted by atomic mass is 9.97. The molecule has 1 heteroatoms. The van der Waals surface area contributed by atoms with Gasteiger partial charge in [0.25, 0.3) is 0 Å². The van der Waals surface area contributed by atoms with Gasteiger partial charge in [0.15, 0.2) is 0 Å². The van der Waals surface area contributed by atoms with Gasteiger partial charge in [0.05, 0.1) is 0 Å². The summed E-state index contributed by atoms with van der Waals surface area (Å²) in [7, 11) is 2.18. The zero-order chi connectivity index (χ0) is 9.59. The van der Waals surface area contributed by atoms with Gasteiger partial charge in [0, 0.05) is 24.7 Å². The first-order chi connectivity index (χ1) is 6.11. The van der Waals surface area contributed by atoms with E-state index in [9.17, 15) is 0 Å². The first-order valence-electron chi connectivity index (χ1n) is 4.94. The Labute approximate surface area is 80.4 Å². The quantitative estimate of drug-likeness (QED) is 0.586. The Morgan fingerprint density at radius 1 is 1.23 bits per heavy atom. The predicted octanol–water partition coefficient (Wildman–Crippen LogP) is 2.94. The van der Waals surface area contributed by atoms with Crippen molar-refractivity contribution in [3.63, 3.8) is 0 Å². The zero-order valence-electron chi connectivity index (χ0n) is 8.83. The Kier molecular flexibility index (Phi) is 1.83. The molecule has 0 aliphatic carbocycles. The molecule has 0 fully saturated rings. The number of benzene rings is 1. The Morgan fingerprint density at radius 2 is 1.92 bits per heavy atom. The fraction of sp³-hybridized carbons (Fsp3) is 0.500. The number of fused-ring (bicyclic) bond motifs is 1. The molecule has 1 heterocycles. The van der Waals surface area contributed by atoms with Gasteiger partial charge >= 0.3 is 0 Å². The van der Waals surface area contributed by atoms with E-state index in [4.69, 9.17) is 0 Å². The van der Waals surface area contributed by atoms with Crippen molar-refractivity contribution in [1.82, 2.24) is 0 Å². The lowest BCUT2D eigenvalue weighted by Crippen LogP contribution is -2.25. The van der Waals surface area contributed by atoms with Crippen molar-refractivity contribution >= 4 is 5.69 Å². The van der Waals surface area contributed by atoms with Crippen LogP contribution in [0.5, 0.6) is 0 Å². The molecule has 70 valence electrons. The Balaban J connectivity index is 2.54. The van der Waals surface area contributed by atoms with Crippen LogP contribution in [0, 0.1) is 6.92 Å². The van der Waals surface area contributed by atoms with E-state index >= 15 is 0 Å². The Morgan fingerprint density at radius 3 is 2.62 bits per heavy atom. The van der Waals surface area contributed by atoms with Gasteiger partial charge < -0.3 is 4.90 Å². The second-order valence-corrected chi connectivity index (χ2v) is 4.20. The molecule has 0 N–H and O–H groups in total. The fourth-order valence-corrected chi connectivity index (χ4v) is 2.17. The first-order valence-corrected chi connectivity index (χ1v) is 4.94. The number of likely N-dealkylation sites (N-methyl/N-ethyl adjacent to an activating group) is 1. The molecule has 13 heavy (non-hydrogen) atoms. The molecule has 0 amide bonds. The van der Waals surface area contributed by atoms with E-state index in [1.54, 1.807) is 0 Å². The second-order valence-electron chi connectivity index (χ2n) is 4.20. The van der Waals surface area contributed by atoms with Crippen LogP contribution in [0.3, 0.4) is 0 Å². The van der Waals surface area contributed by atoms with E-state index in [0.717, 1.165) is 0 Å². The van der Waals surface area contributed by atoms with Crippen LogP contribution in [0.25, 0.3) is 0 Å². The average molecular weight is 175 g/mol. The molecule has 0 saturated carbocycles. The summed E-state index contributed by atoms with van der Waals surface area (Å²) in [5.74, 6) is 0.667. The Hall–Kier alpha value is -0.980. The standard InChI is InChI=1S/C12H17N/c1-8-5-6-12-11(7-8)9(2)10(3)13(12)4/h5-7,9-10H,1-4H3/t9-,10-/m0/s1. The number of nitrogens with zero attached hydrogens (tertiary/aromatic N) is 1. The monoisotopic (exact) mass is 175 g/mol. The van der Waals surface area contributed by atoms with Crippen LogP contribution in [0.1, 0.15) is 30.9 Å². The minimum Gasteiger partial charge on any atom is -0.371 e. The molecule has 1 aliphatic rings. The molecule has 0 bridgehead atoms. The van der Waals surface area contributed by atoms with E-state index in [1.165, 1.54) is 16.8 Å². The fourth-order valence-electron chi connectivity index (χ4n) is 2.17. The number of rotatable bonds is 0. The molecule has 0 saturated heterocycles. The molecule has 1 nitrogen and oxygen atoms in total. The highest BCUT2D eigenvalue weighted by atomic mass is 15.2. The SMILES string of the molecule is Cc1ccc2c(c1)[C@@H](C)[C@H](C)N2C. The van der Waals surface area contributed by atoms with Crippen molar-refractivity contribution in [3.05, 3.63) is 29.3 Å². The smallest absolute Gasteiger partial charge is 0.0402 e. The van der Waals surface area contributed by atoms with Crippen LogP contribution in [-0.4, -0.2) is 13.1 Å². The van der Waals surface area contributed by atoms with Crippen LogP contribution >= 0.6 is 0 Å². The van der Waals surface area contributed by atoms with Crippen molar-refractivity contribution in [2.45, 2.75) is 32.7 Å². The molecule has 1 aromatic rings. The summed E-state index contributed by atoms with van der Waals surface area (Å²) in [5.41, 5.74) is 4.29. The Bertz CT molecular complexity index is 330. The topological polar surface area (TPSA) is 3.24 Å². The highest BCUT2D eigenvalue weighted by molar-refractivity contribution is 5.61. The molecule has 2 rings (SSSR count). The van der Waals surface area contributed by atoms with Gasteiger partial charge in [-0.15, -0.1) is 0 Å². The van der Waals surface area contributed by atoms with Crippen molar-refractivity contribution < 1.29 is 0 Å². The molecular formula is C12H17N. The molecule has 0 aromatic heterocycles. The van der Waals surface area contributed by atoms with Gasteiger partial charge in [-0.2, -0.15) is 0 Å². The second kappa shape index (κ2) is 2.76. The summed E-state index contributed by atoms with van der Waals surface area (Å²) in [6, 6.07) is 7.39. The molecule has 2 atom stereocenters. The number of anilines is 1.